The number of para-hydroxylation sites is 1. The Kier molecular flexibility index (Phi) is 8.76. The van der Waals surface area contributed by atoms with E-state index < -0.39 is 30.4 Å². The van der Waals surface area contributed by atoms with Crippen LogP contribution in [0.25, 0.3) is 40.2 Å². The van der Waals surface area contributed by atoms with Gasteiger partial charge in [0.05, 0.1) is 30.0 Å². The predicted octanol–water partition coefficient (Wildman–Crippen LogP) is 5.61. The average Bonchev–Trinajstić information content (AvgIpc) is 3.37. The number of carbonyl (C=O) groups is 1. The first-order chi connectivity index (χ1) is 20.4. The standard InChI is InChI=1S/C32H28FN5O4/c33-23-13-11-21(12-14-23)30-29(27-15-17-34-32(36-27)35-24-9-5-2-6-10-24)37-31(22-7-3-1-4-8-22)38(30)18-16-25(39)19-26(40)20-28(41)42/h1-18,25-26,39-40H,19-20H2,(H,41,42)(H,34,35,36)/t25-,26-/m1/s1. The lowest BCUT2D eigenvalue weighted by molar-refractivity contribution is -0.139. The molecule has 42 heavy (non-hydrogen) atoms. The first-order valence-electron chi connectivity index (χ1n) is 13.2. The van der Waals surface area contributed by atoms with E-state index in [2.05, 4.69) is 10.3 Å². The maximum atomic E-state index is 14.0. The van der Waals surface area contributed by atoms with E-state index in [4.69, 9.17) is 15.1 Å². The van der Waals surface area contributed by atoms with Gasteiger partial charge >= 0.3 is 5.97 Å². The number of carboxylic acids is 1. The molecule has 2 heterocycles. The number of aromatic nitrogens is 4. The van der Waals surface area contributed by atoms with Gasteiger partial charge in [0.25, 0.3) is 0 Å². The molecule has 0 saturated carbocycles. The summed E-state index contributed by atoms with van der Waals surface area (Å²) in [6.45, 7) is 0. The first kappa shape index (κ1) is 28.3. The fraction of sp³-hybridized carbons (Fsp3) is 0.125. The monoisotopic (exact) mass is 565 g/mol. The van der Waals surface area contributed by atoms with Crippen molar-refractivity contribution in [3.05, 3.63) is 109 Å². The molecule has 4 N–H and O–H groups in total. The zero-order chi connectivity index (χ0) is 29.5. The smallest absolute Gasteiger partial charge is 0.305 e. The molecule has 0 fully saturated rings. The van der Waals surface area contributed by atoms with Crippen molar-refractivity contribution in [1.82, 2.24) is 19.5 Å². The Morgan fingerprint density at radius 2 is 1.60 bits per heavy atom. The van der Waals surface area contributed by atoms with Crippen LogP contribution < -0.4 is 5.32 Å². The summed E-state index contributed by atoms with van der Waals surface area (Å²) in [4.78, 5) is 25.0. The number of hydrogen-bond acceptors (Lipinski definition) is 7. The van der Waals surface area contributed by atoms with Crippen molar-refractivity contribution in [3.8, 4) is 34.0 Å². The molecule has 212 valence electrons. The Morgan fingerprint density at radius 1 is 0.905 bits per heavy atom. The van der Waals surface area contributed by atoms with Crippen LogP contribution in [0, 0.1) is 5.82 Å². The van der Waals surface area contributed by atoms with E-state index in [1.807, 2.05) is 60.7 Å². The molecule has 0 saturated heterocycles. The van der Waals surface area contributed by atoms with Crippen LogP contribution in [0.4, 0.5) is 16.0 Å². The Hall–Kier alpha value is -5.19. The molecular formula is C32H28FN5O4. The molecule has 0 aliphatic rings. The van der Waals surface area contributed by atoms with E-state index in [1.54, 1.807) is 35.2 Å². The Balaban J connectivity index is 1.64. The second-order valence-corrected chi connectivity index (χ2v) is 9.53. The fourth-order valence-corrected chi connectivity index (χ4v) is 4.46. The van der Waals surface area contributed by atoms with Gasteiger partial charge in [0.2, 0.25) is 5.95 Å². The molecule has 0 aliphatic heterocycles. The van der Waals surface area contributed by atoms with Gasteiger partial charge in [-0.15, -0.1) is 0 Å². The van der Waals surface area contributed by atoms with E-state index in [9.17, 15) is 19.4 Å². The Morgan fingerprint density at radius 3 is 2.29 bits per heavy atom. The molecule has 0 aliphatic carbocycles. The van der Waals surface area contributed by atoms with Crippen LogP contribution in [0.1, 0.15) is 12.8 Å². The van der Waals surface area contributed by atoms with Gasteiger partial charge in [-0.3, -0.25) is 9.36 Å². The Labute approximate surface area is 241 Å². The van der Waals surface area contributed by atoms with Crippen molar-refractivity contribution in [2.75, 3.05) is 5.32 Å². The van der Waals surface area contributed by atoms with E-state index >= 15 is 0 Å². The molecule has 0 bridgehead atoms. The number of anilines is 2. The minimum Gasteiger partial charge on any atom is -0.481 e. The van der Waals surface area contributed by atoms with Gasteiger partial charge in [0.15, 0.2) is 0 Å². The van der Waals surface area contributed by atoms with Gasteiger partial charge in [-0.1, -0.05) is 48.5 Å². The van der Waals surface area contributed by atoms with Gasteiger partial charge in [0, 0.05) is 35.6 Å². The summed E-state index contributed by atoms with van der Waals surface area (Å²) in [5, 5.41) is 32.8. The van der Waals surface area contributed by atoms with Crippen molar-refractivity contribution in [1.29, 1.82) is 0 Å². The Bertz CT molecular complexity index is 1670. The molecular weight excluding hydrogens is 537 g/mol. The average molecular weight is 566 g/mol. The third-order valence-corrected chi connectivity index (χ3v) is 6.37. The quantitative estimate of drug-likeness (QED) is 0.162. The number of hydrogen-bond donors (Lipinski definition) is 4. The van der Waals surface area contributed by atoms with E-state index in [-0.39, 0.29) is 6.42 Å². The third kappa shape index (κ3) is 6.92. The lowest BCUT2D eigenvalue weighted by Gasteiger charge is -2.13. The van der Waals surface area contributed by atoms with E-state index in [1.165, 1.54) is 18.2 Å². The van der Waals surface area contributed by atoms with Crippen molar-refractivity contribution in [2.24, 2.45) is 0 Å². The summed E-state index contributed by atoms with van der Waals surface area (Å²) in [7, 11) is 0. The van der Waals surface area contributed by atoms with Gasteiger partial charge in [-0.25, -0.2) is 19.3 Å². The summed E-state index contributed by atoms with van der Waals surface area (Å²) < 4.78 is 15.7. The summed E-state index contributed by atoms with van der Waals surface area (Å²) in [6.07, 6.45) is 1.67. The van der Waals surface area contributed by atoms with Crippen molar-refractivity contribution >= 4 is 23.8 Å². The van der Waals surface area contributed by atoms with Gasteiger partial charge in [-0.2, -0.15) is 0 Å². The van der Waals surface area contributed by atoms with Crippen LogP contribution in [-0.4, -0.2) is 53.0 Å². The van der Waals surface area contributed by atoms with Crippen LogP contribution in [-0.2, 0) is 4.79 Å². The second-order valence-electron chi connectivity index (χ2n) is 9.53. The summed E-state index contributed by atoms with van der Waals surface area (Å²) in [5.74, 6) is -0.674. The molecule has 9 nitrogen and oxygen atoms in total. The zero-order valence-electron chi connectivity index (χ0n) is 22.4. The zero-order valence-corrected chi connectivity index (χ0v) is 22.4. The van der Waals surface area contributed by atoms with Crippen LogP contribution in [0.15, 0.2) is 103 Å². The predicted molar refractivity (Wildman–Crippen MR) is 158 cm³/mol. The normalized spacial score (nSPS) is 12.7. The molecule has 0 unspecified atom stereocenters. The summed E-state index contributed by atoms with van der Waals surface area (Å²) >= 11 is 0. The highest BCUT2D eigenvalue weighted by Gasteiger charge is 2.22. The maximum absolute atomic E-state index is 14.0. The van der Waals surface area contributed by atoms with Gasteiger partial charge in [-0.05, 0) is 48.5 Å². The number of nitrogens with zero attached hydrogens (tertiary/aromatic N) is 4. The number of rotatable bonds is 11. The minimum absolute atomic E-state index is 0.169. The molecule has 5 rings (SSSR count). The van der Waals surface area contributed by atoms with Gasteiger partial charge in [0.1, 0.15) is 17.3 Å². The molecule has 2 atom stereocenters. The number of aliphatic hydroxyl groups excluding tert-OH is 2. The molecule has 0 spiro atoms. The largest absolute Gasteiger partial charge is 0.481 e. The number of benzene rings is 3. The topological polar surface area (TPSA) is 133 Å². The number of aliphatic carboxylic acids is 1. The van der Waals surface area contributed by atoms with Crippen molar-refractivity contribution < 1.29 is 24.5 Å². The molecule has 0 radical (unpaired) electrons. The number of halogens is 1. The minimum atomic E-state index is -1.22. The van der Waals surface area contributed by atoms with Crippen LogP contribution in [0.5, 0.6) is 0 Å². The molecule has 5 aromatic rings. The summed E-state index contributed by atoms with van der Waals surface area (Å²) in [6, 6.07) is 26.6. The molecule has 3 aromatic carbocycles. The van der Waals surface area contributed by atoms with Crippen LogP contribution in [0.2, 0.25) is 0 Å². The SMILES string of the molecule is O=C(O)C[C@H](O)C[C@H](O)C=Cn1c(-c2ccccc2)nc(-c2ccnc(Nc3ccccc3)n2)c1-c1ccc(F)cc1. The van der Waals surface area contributed by atoms with Crippen molar-refractivity contribution in [3.63, 3.8) is 0 Å². The van der Waals surface area contributed by atoms with Crippen molar-refractivity contribution in [2.45, 2.75) is 25.0 Å². The van der Waals surface area contributed by atoms with E-state index in [0.717, 1.165) is 11.3 Å². The summed E-state index contributed by atoms with van der Waals surface area (Å²) in [5.41, 5.74) is 3.79. The second kappa shape index (κ2) is 13.0. The fourth-order valence-electron chi connectivity index (χ4n) is 4.46. The van der Waals surface area contributed by atoms with E-state index in [0.29, 0.717) is 34.4 Å². The van der Waals surface area contributed by atoms with Gasteiger partial charge < -0.3 is 20.6 Å². The maximum Gasteiger partial charge on any atom is 0.305 e. The molecule has 0 amide bonds. The lowest BCUT2D eigenvalue weighted by Crippen LogP contribution is -2.19. The molecule has 10 heteroatoms. The highest BCUT2D eigenvalue weighted by atomic mass is 19.1. The number of carboxylic acid groups (broad SMARTS) is 1. The lowest BCUT2D eigenvalue weighted by atomic mass is 10.1. The van der Waals surface area contributed by atoms with Crippen LogP contribution >= 0.6 is 0 Å². The highest BCUT2D eigenvalue weighted by Crippen LogP contribution is 2.36. The third-order valence-electron chi connectivity index (χ3n) is 6.37. The first-order valence-corrected chi connectivity index (χ1v) is 13.2. The van der Waals surface area contributed by atoms with Crippen LogP contribution in [0.3, 0.4) is 0 Å². The number of nitrogens with one attached hydrogen (secondary N) is 1. The number of imidazole rings is 1. The highest BCUT2D eigenvalue weighted by molar-refractivity contribution is 5.83. The molecule has 2 aromatic heterocycles. The number of aliphatic hydroxyl groups is 2.